The molecular weight excluding hydrogens is 911 g/mol. The molecule has 0 fully saturated rings. The van der Waals surface area contributed by atoms with Crippen molar-refractivity contribution in [2.75, 3.05) is 13.2 Å². The predicted octanol–water partition coefficient (Wildman–Crippen LogP) is 20.9. The lowest BCUT2D eigenvalue weighted by molar-refractivity contribution is -0.143. The zero-order chi connectivity index (χ0) is 53.6. The average Bonchev–Trinajstić information content (AvgIpc) is 3.40. The van der Waals surface area contributed by atoms with Gasteiger partial charge in [0.15, 0.2) is 0 Å². The maximum absolute atomic E-state index is 12.5. The van der Waals surface area contributed by atoms with Gasteiger partial charge in [-0.05, 0) is 89.9 Å². The molecule has 2 atom stereocenters. The summed E-state index contributed by atoms with van der Waals surface area (Å²) in [5.74, 6) is -0.0690. The molecule has 1 amide bonds. The third-order valence-corrected chi connectivity index (χ3v) is 15.1. The smallest absolute Gasteiger partial charge is 0.305 e. The minimum absolute atomic E-state index is 0.0265. The zero-order valence-corrected chi connectivity index (χ0v) is 49.6. The van der Waals surface area contributed by atoms with Crippen LogP contribution in [0.25, 0.3) is 0 Å². The Hall–Kier alpha value is -2.18. The third-order valence-electron chi connectivity index (χ3n) is 15.1. The van der Waals surface area contributed by atoms with Gasteiger partial charge in [0.2, 0.25) is 5.91 Å². The van der Waals surface area contributed by atoms with E-state index in [9.17, 15) is 19.8 Å². The van der Waals surface area contributed by atoms with Crippen LogP contribution in [0.5, 0.6) is 0 Å². The van der Waals surface area contributed by atoms with Gasteiger partial charge in [-0.25, -0.2) is 0 Å². The van der Waals surface area contributed by atoms with E-state index in [-0.39, 0.29) is 18.5 Å². The van der Waals surface area contributed by atoms with Crippen LogP contribution in [0.4, 0.5) is 0 Å². The number of carbonyl (C=O) groups excluding carboxylic acids is 2. The molecular formula is C68H127NO5. The van der Waals surface area contributed by atoms with E-state index < -0.39 is 12.1 Å². The molecule has 0 rings (SSSR count). The van der Waals surface area contributed by atoms with E-state index in [1.54, 1.807) is 0 Å². The summed E-state index contributed by atoms with van der Waals surface area (Å²) in [7, 11) is 0. The van der Waals surface area contributed by atoms with Crippen molar-refractivity contribution in [3.63, 3.8) is 0 Å². The number of hydrogen-bond acceptors (Lipinski definition) is 5. The van der Waals surface area contributed by atoms with Gasteiger partial charge >= 0.3 is 5.97 Å². The predicted molar refractivity (Wildman–Crippen MR) is 324 cm³/mol. The van der Waals surface area contributed by atoms with Crippen molar-refractivity contribution in [1.82, 2.24) is 5.32 Å². The van der Waals surface area contributed by atoms with Crippen LogP contribution in [0, 0.1) is 0 Å². The number of nitrogens with one attached hydrogen (secondary N) is 1. The second-order valence-electron chi connectivity index (χ2n) is 22.5. The molecule has 434 valence electrons. The molecule has 3 N–H and O–H groups in total. The maximum atomic E-state index is 12.5. The molecule has 0 heterocycles. The van der Waals surface area contributed by atoms with Crippen molar-refractivity contribution in [2.45, 2.75) is 360 Å². The van der Waals surface area contributed by atoms with E-state index in [1.165, 1.54) is 238 Å². The number of aliphatic hydroxyl groups excluding tert-OH is 2. The van der Waals surface area contributed by atoms with Gasteiger partial charge in [-0.15, -0.1) is 0 Å². The molecule has 0 aromatic rings. The first-order chi connectivity index (χ1) is 36.5. The molecule has 0 saturated heterocycles. The summed E-state index contributed by atoms with van der Waals surface area (Å²) < 4.78 is 5.46. The molecule has 0 aromatic heterocycles. The van der Waals surface area contributed by atoms with Crippen LogP contribution < -0.4 is 5.32 Å². The molecule has 0 aromatic carbocycles. The van der Waals surface area contributed by atoms with Gasteiger partial charge in [0.25, 0.3) is 0 Å². The summed E-state index contributed by atoms with van der Waals surface area (Å²) in [5.41, 5.74) is 0. The zero-order valence-electron chi connectivity index (χ0n) is 49.6. The highest BCUT2D eigenvalue weighted by Crippen LogP contribution is 2.18. The summed E-state index contributed by atoms with van der Waals surface area (Å²) in [6.45, 7) is 4.91. The number of carbonyl (C=O) groups is 2. The Morgan fingerprint density at radius 2 is 0.716 bits per heavy atom. The molecule has 0 aliphatic rings. The lowest BCUT2D eigenvalue weighted by atomic mass is 10.0. The van der Waals surface area contributed by atoms with Crippen molar-refractivity contribution in [3.8, 4) is 0 Å². The Kier molecular flexibility index (Phi) is 61.5. The van der Waals surface area contributed by atoms with E-state index in [0.717, 1.165) is 77.0 Å². The van der Waals surface area contributed by atoms with Gasteiger partial charge < -0.3 is 20.3 Å². The van der Waals surface area contributed by atoms with E-state index >= 15 is 0 Å². The number of aliphatic hydroxyl groups is 2. The fraction of sp³-hybridized carbons (Fsp3) is 0.853. The molecule has 0 radical (unpaired) electrons. The highest BCUT2D eigenvalue weighted by atomic mass is 16.5. The number of allylic oxidation sites excluding steroid dienone is 8. The average molecular weight is 1040 g/mol. The molecule has 0 spiro atoms. The second-order valence-corrected chi connectivity index (χ2v) is 22.5. The first-order valence-corrected chi connectivity index (χ1v) is 32.9. The first kappa shape index (κ1) is 71.8. The van der Waals surface area contributed by atoms with Crippen molar-refractivity contribution < 1.29 is 24.5 Å². The Bertz CT molecular complexity index is 1240. The number of ether oxygens (including phenoxy) is 1. The topological polar surface area (TPSA) is 95.9 Å². The van der Waals surface area contributed by atoms with Crippen molar-refractivity contribution in [3.05, 3.63) is 48.6 Å². The van der Waals surface area contributed by atoms with E-state index in [4.69, 9.17) is 4.74 Å². The number of amides is 1. The molecule has 0 bridgehead atoms. The SMILES string of the molecule is CCCCCC/C=C\C/C=C\CCCCCCCC(=O)OCCCCC/C=C\C=C/CCCCCCCCCCCCC(=O)NC(CO)C(O)CCCCCCCCCCCCCCCCCCCCCCCC. The summed E-state index contributed by atoms with van der Waals surface area (Å²) in [6.07, 6.45) is 81.3. The summed E-state index contributed by atoms with van der Waals surface area (Å²) in [4.78, 5) is 24.6. The second kappa shape index (κ2) is 63.4. The van der Waals surface area contributed by atoms with Crippen LogP contribution in [0.2, 0.25) is 0 Å². The van der Waals surface area contributed by atoms with Crippen LogP contribution in [-0.4, -0.2) is 47.4 Å². The molecule has 0 aliphatic carbocycles. The van der Waals surface area contributed by atoms with Crippen LogP contribution in [-0.2, 0) is 14.3 Å². The molecule has 74 heavy (non-hydrogen) atoms. The van der Waals surface area contributed by atoms with Gasteiger partial charge in [0.1, 0.15) is 0 Å². The lowest BCUT2D eigenvalue weighted by Crippen LogP contribution is -2.45. The fourth-order valence-corrected chi connectivity index (χ4v) is 10.1. The Labute approximate surface area is 461 Å². The largest absolute Gasteiger partial charge is 0.466 e. The summed E-state index contributed by atoms with van der Waals surface area (Å²) in [6, 6.07) is -0.552. The Morgan fingerprint density at radius 1 is 0.392 bits per heavy atom. The van der Waals surface area contributed by atoms with Crippen molar-refractivity contribution in [1.29, 1.82) is 0 Å². The monoisotopic (exact) mass is 1040 g/mol. The molecule has 6 nitrogen and oxygen atoms in total. The molecule has 2 unspecified atom stereocenters. The lowest BCUT2D eigenvalue weighted by Gasteiger charge is -2.22. The normalized spacial score (nSPS) is 12.9. The quantitative estimate of drug-likeness (QED) is 0.0244. The van der Waals surface area contributed by atoms with Crippen molar-refractivity contribution >= 4 is 11.9 Å². The van der Waals surface area contributed by atoms with Gasteiger partial charge in [0, 0.05) is 12.8 Å². The molecule has 0 saturated carbocycles. The van der Waals surface area contributed by atoms with Gasteiger partial charge in [0.05, 0.1) is 25.4 Å². The van der Waals surface area contributed by atoms with E-state index in [2.05, 4.69) is 67.8 Å². The Morgan fingerprint density at radius 3 is 1.12 bits per heavy atom. The number of unbranched alkanes of at least 4 members (excludes halogenated alkanes) is 43. The van der Waals surface area contributed by atoms with Crippen LogP contribution >= 0.6 is 0 Å². The van der Waals surface area contributed by atoms with Gasteiger partial charge in [-0.2, -0.15) is 0 Å². The third kappa shape index (κ3) is 59.1. The fourth-order valence-electron chi connectivity index (χ4n) is 10.1. The van der Waals surface area contributed by atoms with Gasteiger partial charge in [-0.1, -0.05) is 294 Å². The van der Waals surface area contributed by atoms with Crippen LogP contribution in [0.15, 0.2) is 48.6 Å². The van der Waals surface area contributed by atoms with E-state index in [0.29, 0.717) is 25.9 Å². The number of esters is 1. The maximum Gasteiger partial charge on any atom is 0.305 e. The standard InChI is InChI=1S/C68H127NO5/c1-3-5-7-9-11-13-15-17-19-21-22-23-24-26-29-32-36-40-44-48-52-56-60-66(71)65(64-70)69-67(72)61-57-53-49-45-41-37-33-30-27-25-28-31-35-39-43-47-51-55-59-63-74-68(73)62-58-54-50-46-42-38-34-20-18-16-14-12-10-8-6-4-2/h14,16,20,31,34-35,39,43,65-66,70-71H,3-13,15,17-19,21-30,32-33,36-38,40-42,44-64H2,1-2H3,(H,69,72)/b16-14-,34-20-,35-31-,43-39-. The highest BCUT2D eigenvalue weighted by molar-refractivity contribution is 5.76. The minimum Gasteiger partial charge on any atom is -0.466 e. The molecule has 0 aliphatic heterocycles. The summed E-state index contributed by atoms with van der Waals surface area (Å²) in [5, 5.41) is 23.4. The van der Waals surface area contributed by atoms with Crippen LogP contribution in [0.1, 0.15) is 348 Å². The van der Waals surface area contributed by atoms with Crippen LogP contribution in [0.3, 0.4) is 0 Å². The summed E-state index contributed by atoms with van der Waals surface area (Å²) >= 11 is 0. The highest BCUT2D eigenvalue weighted by Gasteiger charge is 2.20. The molecule has 6 heteroatoms. The minimum atomic E-state index is -0.674. The number of rotatable bonds is 61. The first-order valence-electron chi connectivity index (χ1n) is 32.9. The number of hydrogen-bond donors (Lipinski definition) is 3. The Balaban J connectivity index is 3.48. The van der Waals surface area contributed by atoms with E-state index in [1.807, 2.05) is 0 Å². The van der Waals surface area contributed by atoms with Gasteiger partial charge in [-0.3, -0.25) is 9.59 Å². The van der Waals surface area contributed by atoms with Crippen molar-refractivity contribution in [2.24, 2.45) is 0 Å².